The molecule has 0 saturated heterocycles. The van der Waals surface area contributed by atoms with Crippen LogP contribution in [0.25, 0.3) is 11.3 Å². The molecule has 1 heterocycles. The first kappa shape index (κ1) is 20.2. The Hall–Kier alpha value is -3.50. The fourth-order valence-electron chi connectivity index (χ4n) is 2.48. The van der Waals surface area contributed by atoms with Crippen molar-refractivity contribution in [1.82, 2.24) is 5.16 Å². The second-order valence-corrected chi connectivity index (χ2v) is 6.50. The van der Waals surface area contributed by atoms with E-state index in [1.54, 1.807) is 25.1 Å². The van der Waals surface area contributed by atoms with E-state index in [2.05, 4.69) is 15.7 Å². The van der Waals surface area contributed by atoms with E-state index in [1.165, 1.54) is 12.3 Å². The molecule has 0 fully saturated rings. The van der Waals surface area contributed by atoms with Gasteiger partial charge in [0.25, 0.3) is 5.69 Å². The molecule has 0 saturated carbocycles. The van der Waals surface area contributed by atoms with Crippen LogP contribution in [0.3, 0.4) is 0 Å². The molecule has 1 N–H and O–H groups in total. The van der Waals surface area contributed by atoms with Crippen molar-refractivity contribution >= 4 is 46.5 Å². The van der Waals surface area contributed by atoms with Gasteiger partial charge in [-0.3, -0.25) is 25.7 Å². The number of halogens is 2. The molecule has 3 rings (SSSR count). The third-order valence-electron chi connectivity index (χ3n) is 3.88. The molecule has 0 aliphatic carbocycles. The lowest BCUT2D eigenvalue weighted by molar-refractivity contribution is -0.393. The number of aromatic nitrogens is 1. The summed E-state index contributed by atoms with van der Waals surface area (Å²) in [6.45, 7) is 1.65. The molecule has 0 unspecified atom stereocenters. The lowest BCUT2D eigenvalue weighted by atomic mass is 10.1. The standard InChI is InChI=1S/C17H11Cl2N5O5/c1-9-11(17(22-29-9)16-12(18)3-2-4-13(16)19)8-20-21-14-6-5-10(23(25)26)7-15(14)24(27)28/h2-8,21H,1H3. The average molecular weight is 436 g/mol. The molecule has 0 aliphatic rings. The molecule has 0 amide bonds. The van der Waals surface area contributed by atoms with Crippen molar-refractivity contribution < 1.29 is 14.4 Å². The minimum Gasteiger partial charge on any atom is -0.360 e. The maximum atomic E-state index is 11.2. The minimum absolute atomic E-state index is 0.0247. The summed E-state index contributed by atoms with van der Waals surface area (Å²) >= 11 is 12.4. The molecule has 0 bridgehead atoms. The molecule has 1 aromatic heterocycles. The Morgan fingerprint density at radius 3 is 2.45 bits per heavy atom. The van der Waals surface area contributed by atoms with Gasteiger partial charge in [0.2, 0.25) is 0 Å². The number of nitrogens with one attached hydrogen (secondary N) is 1. The Bertz CT molecular complexity index is 1120. The van der Waals surface area contributed by atoms with E-state index in [4.69, 9.17) is 27.7 Å². The van der Waals surface area contributed by atoms with Crippen molar-refractivity contribution in [1.29, 1.82) is 0 Å². The number of nitrogens with zero attached hydrogens (tertiary/aromatic N) is 4. The van der Waals surface area contributed by atoms with E-state index in [9.17, 15) is 20.2 Å². The maximum absolute atomic E-state index is 11.2. The number of nitro benzene ring substituents is 2. The summed E-state index contributed by atoms with van der Waals surface area (Å²) in [7, 11) is 0. The molecule has 29 heavy (non-hydrogen) atoms. The van der Waals surface area contributed by atoms with Crippen LogP contribution in [0.2, 0.25) is 10.0 Å². The van der Waals surface area contributed by atoms with Crippen LogP contribution in [0.4, 0.5) is 17.1 Å². The SMILES string of the molecule is Cc1onc(-c2c(Cl)cccc2Cl)c1C=NNc1ccc([N+](=O)[O-])cc1[N+](=O)[O-]. The summed E-state index contributed by atoms with van der Waals surface area (Å²) in [5.41, 5.74) is 2.84. The number of non-ortho nitro benzene ring substituents is 1. The van der Waals surface area contributed by atoms with Gasteiger partial charge in [-0.2, -0.15) is 5.10 Å². The van der Waals surface area contributed by atoms with Crippen LogP contribution >= 0.6 is 23.2 Å². The average Bonchev–Trinajstić information content (AvgIpc) is 3.02. The zero-order valence-electron chi connectivity index (χ0n) is 14.6. The van der Waals surface area contributed by atoms with Gasteiger partial charge in [0.05, 0.1) is 37.7 Å². The first-order valence-corrected chi connectivity index (χ1v) is 8.67. The van der Waals surface area contributed by atoms with Crippen LogP contribution < -0.4 is 5.43 Å². The van der Waals surface area contributed by atoms with Crippen molar-refractivity contribution in [2.24, 2.45) is 5.10 Å². The summed E-state index contributed by atoms with van der Waals surface area (Å²) < 4.78 is 5.20. The molecule has 148 valence electrons. The number of aryl methyl sites for hydroxylation is 1. The third-order valence-corrected chi connectivity index (χ3v) is 4.51. The molecule has 0 radical (unpaired) electrons. The fraction of sp³-hybridized carbons (Fsp3) is 0.0588. The number of benzene rings is 2. The molecule has 0 aliphatic heterocycles. The van der Waals surface area contributed by atoms with Crippen LogP contribution in [0.5, 0.6) is 0 Å². The van der Waals surface area contributed by atoms with Crippen LogP contribution in [0.15, 0.2) is 46.0 Å². The molecule has 0 atom stereocenters. The highest BCUT2D eigenvalue weighted by molar-refractivity contribution is 6.39. The first-order chi connectivity index (χ1) is 13.8. The minimum atomic E-state index is -0.746. The highest BCUT2D eigenvalue weighted by Gasteiger charge is 2.20. The van der Waals surface area contributed by atoms with Gasteiger partial charge in [-0.1, -0.05) is 34.4 Å². The second kappa shape index (κ2) is 8.25. The molecule has 2 aromatic carbocycles. The molecular formula is C17H11Cl2N5O5. The predicted octanol–water partition coefficient (Wildman–Crippen LogP) is 5.22. The van der Waals surface area contributed by atoms with Gasteiger partial charge in [-0.15, -0.1) is 0 Å². The molecular weight excluding hydrogens is 425 g/mol. The number of hydrogen-bond acceptors (Lipinski definition) is 8. The highest BCUT2D eigenvalue weighted by atomic mass is 35.5. The Morgan fingerprint density at radius 2 is 1.83 bits per heavy atom. The second-order valence-electron chi connectivity index (χ2n) is 5.68. The molecule has 10 nitrogen and oxygen atoms in total. The van der Waals surface area contributed by atoms with E-state index in [0.717, 1.165) is 12.1 Å². The number of anilines is 1. The van der Waals surface area contributed by atoms with Crippen molar-refractivity contribution in [3.63, 3.8) is 0 Å². The van der Waals surface area contributed by atoms with Crippen LogP contribution in [0, 0.1) is 27.2 Å². The van der Waals surface area contributed by atoms with Gasteiger partial charge in [-0.05, 0) is 25.1 Å². The smallest absolute Gasteiger partial charge is 0.301 e. The first-order valence-electron chi connectivity index (χ1n) is 7.92. The van der Waals surface area contributed by atoms with Crippen LogP contribution in [-0.4, -0.2) is 21.2 Å². The molecule has 12 heteroatoms. The van der Waals surface area contributed by atoms with Gasteiger partial charge >= 0.3 is 5.69 Å². The summed E-state index contributed by atoms with van der Waals surface area (Å²) in [6.07, 6.45) is 1.34. The summed E-state index contributed by atoms with van der Waals surface area (Å²) in [6, 6.07) is 8.14. The lowest BCUT2D eigenvalue weighted by Crippen LogP contribution is -1.99. The zero-order chi connectivity index (χ0) is 21.1. The maximum Gasteiger partial charge on any atom is 0.301 e. The van der Waals surface area contributed by atoms with Gasteiger partial charge in [-0.25, -0.2) is 0 Å². The van der Waals surface area contributed by atoms with E-state index < -0.39 is 21.2 Å². The number of nitro groups is 2. The third kappa shape index (κ3) is 4.18. The van der Waals surface area contributed by atoms with E-state index in [1.807, 2.05) is 0 Å². The predicted molar refractivity (Wildman–Crippen MR) is 108 cm³/mol. The summed E-state index contributed by atoms with van der Waals surface area (Å²) in [5, 5.41) is 30.7. The van der Waals surface area contributed by atoms with Crippen molar-refractivity contribution in [3.05, 3.63) is 78.0 Å². The quantitative estimate of drug-likeness (QED) is 0.318. The summed E-state index contributed by atoms with van der Waals surface area (Å²) in [4.78, 5) is 20.5. The van der Waals surface area contributed by atoms with Crippen molar-refractivity contribution in [3.8, 4) is 11.3 Å². The Labute approximate surface area is 173 Å². The molecule has 0 spiro atoms. The van der Waals surface area contributed by atoms with Crippen LogP contribution in [-0.2, 0) is 0 Å². The highest BCUT2D eigenvalue weighted by Crippen LogP contribution is 2.36. The van der Waals surface area contributed by atoms with Gasteiger partial charge in [0.1, 0.15) is 17.1 Å². The Morgan fingerprint density at radius 1 is 1.14 bits per heavy atom. The lowest BCUT2D eigenvalue weighted by Gasteiger charge is -2.04. The molecule has 3 aromatic rings. The van der Waals surface area contributed by atoms with Crippen molar-refractivity contribution in [2.45, 2.75) is 6.92 Å². The monoisotopic (exact) mass is 435 g/mol. The van der Waals surface area contributed by atoms with E-state index >= 15 is 0 Å². The number of rotatable bonds is 6. The van der Waals surface area contributed by atoms with E-state index in [-0.39, 0.29) is 5.69 Å². The fourth-order valence-corrected chi connectivity index (χ4v) is 3.06. The van der Waals surface area contributed by atoms with Crippen molar-refractivity contribution in [2.75, 3.05) is 5.43 Å². The Kier molecular flexibility index (Phi) is 5.76. The van der Waals surface area contributed by atoms with Gasteiger partial charge in [0, 0.05) is 11.6 Å². The van der Waals surface area contributed by atoms with E-state index in [0.29, 0.717) is 32.6 Å². The van der Waals surface area contributed by atoms with Gasteiger partial charge < -0.3 is 4.52 Å². The Balaban J connectivity index is 1.94. The number of hydrazone groups is 1. The topological polar surface area (TPSA) is 137 Å². The zero-order valence-corrected chi connectivity index (χ0v) is 16.1. The van der Waals surface area contributed by atoms with Crippen LogP contribution in [0.1, 0.15) is 11.3 Å². The van der Waals surface area contributed by atoms with Gasteiger partial charge in [0.15, 0.2) is 0 Å². The number of hydrogen-bond donors (Lipinski definition) is 1. The normalized spacial score (nSPS) is 11.0. The summed E-state index contributed by atoms with van der Waals surface area (Å²) in [5.74, 6) is 0.416. The largest absolute Gasteiger partial charge is 0.360 e.